The van der Waals surface area contributed by atoms with Crippen LogP contribution in [0.3, 0.4) is 0 Å². The molecule has 0 radical (unpaired) electrons. The minimum atomic E-state index is -3.54. The van der Waals surface area contributed by atoms with Crippen LogP contribution in [-0.2, 0) is 10.3 Å². The molecule has 2 aromatic rings. The molecule has 4 rings (SSSR count). The summed E-state index contributed by atoms with van der Waals surface area (Å²) in [5.41, 5.74) is 2.65. The molecule has 0 saturated heterocycles. The highest BCUT2D eigenvalue weighted by atomic mass is 19.3. The van der Waals surface area contributed by atoms with Gasteiger partial charge in [-0.3, -0.25) is 9.79 Å². The van der Waals surface area contributed by atoms with Crippen molar-refractivity contribution >= 4 is 17.4 Å². The summed E-state index contributed by atoms with van der Waals surface area (Å²) in [4.78, 5) is 20.7. The number of nitrogens with one attached hydrogen (secondary N) is 1. The maximum atomic E-state index is 15.3. The predicted octanol–water partition coefficient (Wildman–Crippen LogP) is 3.50. The number of alkyl halides is 2. The summed E-state index contributed by atoms with van der Waals surface area (Å²) < 4.78 is 55.4. The van der Waals surface area contributed by atoms with Gasteiger partial charge in [0, 0.05) is 11.6 Å². The lowest BCUT2D eigenvalue weighted by Crippen LogP contribution is -2.45. The molecule has 1 atom stereocenters. The molecule has 2 aliphatic rings. The minimum Gasteiger partial charge on any atom is -0.477 e. The number of hydrogen-bond donors (Lipinski definition) is 2. The number of nitrogens with two attached hydrogens (primary N) is 1. The van der Waals surface area contributed by atoms with Crippen LogP contribution in [0.5, 0.6) is 5.88 Å². The van der Waals surface area contributed by atoms with Crippen LogP contribution in [0.2, 0.25) is 0 Å². The number of carbonyl (C=O) groups excluding carboxylic acids is 1. The Bertz CT molecular complexity index is 1060. The van der Waals surface area contributed by atoms with Gasteiger partial charge in [-0.05, 0) is 37.8 Å². The van der Waals surface area contributed by atoms with Crippen molar-refractivity contribution in [2.75, 3.05) is 25.1 Å². The van der Waals surface area contributed by atoms with E-state index in [1.165, 1.54) is 24.3 Å². The molecule has 1 aromatic carbocycles. The number of hydrogen-bond acceptors (Lipinski definition) is 6. The number of anilines is 1. The molecule has 1 aliphatic carbocycles. The number of ether oxygens (including phenoxy) is 2. The zero-order chi connectivity index (χ0) is 22.9. The summed E-state index contributed by atoms with van der Waals surface area (Å²) in [5, 5.41) is 2.39. The van der Waals surface area contributed by atoms with Gasteiger partial charge >= 0.3 is 0 Å². The molecular formula is C22H23F3N4O3. The smallest absolute Gasteiger partial charge is 0.299 e. The number of aromatic nitrogens is 1. The third-order valence-corrected chi connectivity index (χ3v) is 5.50. The number of amidine groups is 1. The number of nitrogens with zero attached hydrogens (tertiary/aromatic N) is 2. The topological polar surface area (TPSA) is 98.8 Å². The highest BCUT2D eigenvalue weighted by Gasteiger charge is 2.54. The highest BCUT2D eigenvalue weighted by molar-refractivity contribution is 6.03. The van der Waals surface area contributed by atoms with Crippen LogP contribution in [0.1, 0.15) is 35.8 Å². The van der Waals surface area contributed by atoms with Gasteiger partial charge in [0.25, 0.3) is 11.8 Å². The van der Waals surface area contributed by atoms with Gasteiger partial charge in [0.05, 0.1) is 12.3 Å². The van der Waals surface area contributed by atoms with E-state index in [9.17, 15) is 13.6 Å². The number of benzene rings is 1. The molecule has 1 saturated carbocycles. The Morgan fingerprint density at radius 2 is 2.03 bits per heavy atom. The Kier molecular flexibility index (Phi) is 5.81. The van der Waals surface area contributed by atoms with Crippen LogP contribution in [0, 0.1) is 11.7 Å². The van der Waals surface area contributed by atoms with Crippen LogP contribution < -0.4 is 15.8 Å². The van der Waals surface area contributed by atoms with E-state index in [0.29, 0.717) is 12.5 Å². The molecule has 2 heterocycles. The molecule has 1 fully saturated rings. The van der Waals surface area contributed by atoms with E-state index in [0.717, 1.165) is 19.8 Å². The van der Waals surface area contributed by atoms with Crippen molar-refractivity contribution in [3.05, 3.63) is 53.5 Å². The normalized spacial score (nSPS) is 22.6. The van der Waals surface area contributed by atoms with Gasteiger partial charge in [-0.15, -0.1) is 0 Å². The Morgan fingerprint density at radius 1 is 1.28 bits per heavy atom. The molecule has 170 valence electrons. The largest absolute Gasteiger partial charge is 0.477 e. The second-order valence-electron chi connectivity index (χ2n) is 8.11. The van der Waals surface area contributed by atoms with E-state index >= 15 is 4.39 Å². The average molecular weight is 448 g/mol. The fourth-order valence-electron chi connectivity index (χ4n) is 3.38. The van der Waals surface area contributed by atoms with E-state index in [-0.39, 0.29) is 29.7 Å². The lowest BCUT2D eigenvalue weighted by Gasteiger charge is -2.33. The molecule has 7 nitrogen and oxygen atoms in total. The molecule has 1 amide bonds. The monoisotopic (exact) mass is 448 g/mol. The standard InChI is InChI=1S/C22H23F3N4O3/c1-21(22(24,25)12-31-11-17(26)29-21)14-4-2-5-15(19(14)23)28-20(30)16-6-3-7-18(27-16)32-10-13-8-9-13/h2-7,13H,8-12H2,1H3,(H2,26,29)(H,28,30)/t21-/m1/s1. The Balaban J connectivity index is 1.59. The zero-order valence-electron chi connectivity index (χ0n) is 17.4. The van der Waals surface area contributed by atoms with E-state index in [1.54, 1.807) is 12.1 Å². The van der Waals surface area contributed by atoms with Crippen molar-refractivity contribution < 1.29 is 27.4 Å². The van der Waals surface area contributed by atoms with E-state index < -0.39 is 35.4 Å². The molecule has 3 N–H and O–H groups in total. The first kappa shape index (κ1) is 22.1. The Labute approximate surface area is 182 Å². The van der Waals surface area contributed by atoms with Gasteiger partial charge in [0.1, 0.15) is 24.7 Å². The minimum absolute atomic E-state index is 0.00442. The molecule has 0 spiro atoms. The molecule has 1 aliphatic heterocycles. The maximum absolute atomic E-state index is 15.3. The van der Waals surface area contributed by atoms with E-state index in [2.05, 4.69) is 15.3 Å². The first-order chi connectivity index (χ1) is 15.2. The van der Waals surface area contributed by atoms with Crippen molar-refractivity contribution in [3.63, 3.8) is 0 Å². The van der Waals surface area contributed by atoms with Crippen LogP contribution >= 0.6 is 0 Å². The SMILES string of the molecule is C[C@]1(c2cccc(NC(=O)c3cccc(OCC4CC4)n3)c2F)N=C(N)COCC1(F)F. The van der Waals surface area contributed by atoms with Crippen molar-refractivity contribution in [1.82, 2.24) is 4.98 Å². The lowest BCUT2D eigenvalue weighted by atomic mass is 9.85. The van der Waals surface area contributed by atoms with Crippen molar-refractivity contribution in [2.45, 2.75) is 31.2 Å². The summed E-state index contributed by atoms with van der Waals surface area (Å²) in [5.74, 6) is -4.66. The third kappa shape index (κ3) is 4.40. The van der Waals surface area contributed by atoms with Crippen molar-refractivity contribution in [2.24, 2.45) is 16.6 Å². The summed E-state index contributed by atoms with van der Waals surface area (Å²) in [6.45, 7) is 0.352. The Hall–Kier alpha value is -3.14. The van der Waals surface area contributed by atoms with Crippen LogP contribution in [0.15, 0.2) is 41.4 Å². The molecule has 10 heteroatoms. The predicted molar refractivity (Wildman–Crippen MR) is 112 cm³/mol. The van der Waals surface area contributed by atoms with Crippen molar-refractivity contribution in [3.8, 4) is 5.88 Å². The van der Waals surface area contributed by atoms with Gasteiger partial charge in [-0.25, -0.2) is 18.2 Å². The fraction of sp³-hybridized carbons (Fsp3) is 0.409. The zero-order valence-corrected chi connectivity index (χ0v) is 17.4. The summed E-state index contributed by atoms with van der Waals surface area (Å²) in [6.07, 6.45) is 2.21. The third-order valence-electron chi connectivity index (χ3n) is 5.50. The van der Waals surface area contributed by atoms with E-state index in [1.807, 2.05) is 0 Å². The number of aliphatic imine (C=N–C) groups is 1. The highest BCUT2D eigenvalue weighted by Crippen LogP contribution is 2.44. The van der Waals surface area contributed by atoms with Crippen LogP contribution in [0.25, 0.3) is 0 Å². The van der Waals surface area contributed by atoms with Gasteiger partial charge in [-0.1, -0.05) is 18.2 Å². The Morgan fingerprint density at radius 3 is 2.78 bits per heavy atom. The van der Waals surface area contributed by atoms with Gasteiger partial charge < -0.3 is 20.5 Å². The number of rotatable bonds is 6. The quantitative estimate of drug-likeness (QED) is 0.705. The maximum Gasteiger partial charge on any atom is 0.299 e. The van der Waals surface area contributed by atoms with Gasteiger partial charge in [0.2, 0.25) is 5.88 Å². The molecule has 1 aromatic heterocycles. The summed E-state index contributed by atoms with van der Waals surface area (Å²) in [6, 6.07) is 8.48. The fourth-order valence-corrected chi connectivity index (χ4v) is 3.38. The number of pyridine rings is 1. The summed E-state index contributed by atoms with van der Waals surface area (Å²) in [7, 11) is 0. The van der Waals surface area contributed by atoms with Crippen LogP contribution in [0.4, 0.5) is 18.9 Å². The molecule has 0 unspecified atom stereocenters. The van der Waals surface area contributed by atoms with Crippen molar-refractivity contribution in [1.29, 1.82) is 0 Å². The lowest BCUT2D eigenvalue weighted by molar-refractivity contribution is -0.116. The first-order valence-electron chi connectivity index (χ1n) is 10.2. The second-order valence-corrected chi connectivity index (χ2v) is 8.11. The number of halogens is 3. The number of carbonyl (C=O) groups is 1. The molecule has 0 bridgehead atoms. The second kappa shape index (κ2) is 8.42. The van der Waals surface area contributed by atoms with E-state index in [4.69, 9.17) is 15.2 Å². The average Bonchev–Trinajstić information content (AvgIpc) is 3.58. The van der Waals surface area contributed by atoms with Gasteiger partial charge in [-0.2, -0.15) is 0 Å². The van der Waals surface area contributed by atoms with Crippen LogP contribution in [-0.4, -0.2) is 42.5 Å². The first-order valence-corrected chi connectivity index (χ1v) is 10.2. The molecular weight excluding hydrogens is 425 g/mol. The summed E-state index contributed by atoms with van der Waals surface area (Å²) >= 11 is 0. The van der Waals surface area contributed by atoms with Gasteiger partial charge in [0.15, 0.2) is 11.4 Å². The number of amides is 1. The molecule has 32 heavy (non-hydrogen) atoms.